The minimum absolute atomic E-state index is 0. The lowest BCUT2D eigenvalue weighted by Crippen LogP contribution is -2.48. The first-order valence-corrected chi connectivity index (χ1v) is 9.31. The van der Waals surface area contributed by atoms with Crippen molar-refractivity contribution in [2.45, 2.75) is 53.0 Å². The summed E-state index contributed by atoms with van der Waals surface area (Å²) in [6, 6.07) is 0.588. The Morgan fingerprint density at radius 3 is 2.33 bits per heavy atom. The van der Waals surface area contributed by atoms with E-state index in [4.69, 9.17) is 4.74 Å². The highest BCUT2D eigenvalue weighted by Gasteiger charge is 2.24. The fourth-order valence-electron chi connectivity index (χ4n) is 2.98. The summed E-state index contributed by atoms with van der Waals surface area (Å²) < 4.78 is 5.60. The summed E-state index contributed by atoms with van der Waals surface area (Å²) >= 11 is 0. The fraction of sp³-hybridized carbons (Fsp3) is 0.944. The van der Waals surface area contributed by atoms with E-state index in [1.165, 1.54) is 25.9 Å². The fourth-order valence-corrected chi connectivity index (χ4v) is 2.98. The average Bonchev–Trinajstić information content (AvgIpc) is 3.02. The van der Waals surface area contributed by atoms with Crippen LogP contribution in [0.1, 0.15) is 47.0 Å². The summed E-state index contributed by atoms with van der Waals surface area (Å²) in [7, 11) is 1.84. The van der Waals surface area contributed by atoms with Gasteiger partial charge in [-0.05, 0) is 44.2 Å². The van der Waals surface area contributed by atoms with Crippen LogP contribution in [0.3, 0.4) is 0 Å². The highest BCUT2D eigenvalue weighted by molar-refractivity contribution is 14.0. The van der Waals surface area contributed by atoms with Gasteiger partial charge in [0, 0.05) is 39.4 Å². The van der Waals surface area contributed by atoms with Crippen molar-refractivity contribution in [2.24, 2.45) is 16.8 Å². The monoisotopic (exact) mass is 454 g/mol. The van der Waals surface area contributed by atoms with Gasteiger partial charge in [0.2, 0.25) is 0 Å². The smallest absolute Gasteiger partial charge is 0.191 e. The molecule has 1 heterocycles. The zero-order valence-corrected chi connectivity index (χ0v) is 18.6. The van der Waals surface area contributed by atoms with Crippen LogP contribution in [0.5, 0.6) is 0 Å². The molecule has 1 atom stereocenters. The number of aliphatic imine (C=N–C) groups is 1. The number of hydrogen-bond donors (Lipinski definition) is 2. The van der Waals surface area contributed by atoms with Gasteiger partial charge in [0.05, 0.1) is 0 Å². The summed E-state index contributed by atoms with van der Waals surface area (Å²) in [6.07, 6.45) is 3.69. The molecule has 0 amide bonds. The van der Waals surface area contributed by atoms with E-state index in [1.54, 1.807) is 0 Å². The molecule has 1 saturated heterocycles. The van der Waals surface area contributed by atoms with E-state index in [0.717, 1.165) is 38.7 Å². The molecule has 1 unspecified atom stereocenters. The Bertz CT molecular complexity index is 331. The minimum Gasteiger partial charge on any atom is -0.381 e. The van der Waals surface area contributed by atoms with E-state index in [0.29, 0.717) is 17.9 Å². The number of hydrogen-bond acceptors (Lipinski definition) is 3. The number of ether oxygens (including phenoxy) is 1. The largest absolute Gasteiger partial charge is 0.381 e. The molecule has 144 valence electrons. The van der Waals surface area contributed by atoms with Crippen LogP contribution in [-0.2, 0) is 4.74 Å². The molecule has 0 aromatic carbocycles. The Kier molecular flexibility index (Phi) is 14.1. The SMILES string of the molecule is CN=C(NCCCOCC(C)C)NCC(C(C)C)N1CCCC1.I. The van der Waals surface area contributed by atoms with Crippen molar-refractivity contribution < 1.29 is 4.74 Å². The summed E-state index contributed by atoms with van der Waals surface area (Å²) in [5.74, 6) is 2.16. The molecule has 1 fully saturated rings. The number of guanidine groups is 1. The van der Waals surface area contributed by atoms with Crippen LogP contribution in [0.4, 0.5) is 0 Å². The van der Waals surface area contributed by atoms with Crippen molar-refractivity contribution in [3.05, 3.63) is 0 Å². The van der Waals surface area contributed by atoms with Crippen LogP contribution >= 0.6 is 24.0 Å². The molecular weight excluding hydrogens is 415 g/mol. The van der Waals surface area contributed by atoms with Crippen LogP contribution in [-0.4, -0.2) is 63.3 Å². The molecule has 24 heavy (non-hydrogen) atoms. The summed E-state index contributed by atoms with van der Waals surface area (Å²) in [5.41, 5.74) is 0. The number of nitrogens with one attached hydrogen (secondary N) is 2. The third kappa shape index (κ3) is 10.0. The average molecular weight is 454 g/mol. The van der Waals surface area contributed by atoms with Gasteiger partial charge in [-0.3, -0.25) is 9.89 Å². The first kappa shape index (κ1) is 23.9. The summed E-state index contributed by atoms with van der Waals surface area (Å²) in [6.45, 7) is 15.0. The van der Waals surface area contributed by atoms with Crippen LogP contribution in [0.15, 0.2) is 4.99 Å². The van der Waals surface area contributed by atoms with E-state index in [-0.39, 0.29) is 24.0 Å². The standard InChI is InChI=1S/C18H38N4O.HI/c1-15(2)14-23-12-8-9-20-18(19-5)21-13-17(16(3)4)22-10-6-7-11-22;/h15-17H,6-14H2,1-5H3,(H2,19,20,21);1H. The Hall–Kier alpha value is -0.0800. The quantitative estimate of drug-likeness (QED) is 0.231. The molecule has 0 bridgehead atoms. The van der Waals surface area contributed by atoms with Crippen molar-refractivity contribution in [2.75, 3.05) is 46.4 Å². The Morgan fingerprint density at radius 1 is 1.12 bits per heavy atom. The van der Waals surface area contributed by atoms with Gasteiger partial charge in [0.25, 0.3) is 0 Å². The lowest BCUT2D eigenvalue weighted by molar-refractivity contribution is 0.108. The molecule has 0 spiro atoms. The van der Waals surface area contributed by atoms with Crippen LogP contribution in [0, 0.1) is 11.8 Å². The molecule has 2 N–H and O–H groups in total. The van der Waals surface area contributed by atoms with Crippen LogP contribution in [0.2, 0.25) is 0 Å². The van der Waals surface area contributed by atoms with Gasteiger partial charge in [-0.25, -0.2) is 0 Å². The molecule has 1 rings (SSSR count). The van der Waals surface area contributed by atoms with Gasteiger partial charge in [-0.2, -0.15) is 0 Å². The highest BCUT2D eigenvalue weighted by atomic mass is 127. The lowest BCUT2D eigenvalue weighted by atomic mass is 10.0. The third-order valence-electron chi connectivity index (χ3n) is 4.29. The van der Waals surface area contributed by atoms with E-state index in [9.17, 15) is 0 Å². The first-order valence-electron chi connectivity index (χ1n) is 9.31. The van der Waals surface area contributed by atoms with Gasteiger partial charge in [-0.15, -0.1) is 24.0 Å². The first-order chi connectivity index (χ1) is 11.0. The topological polar surface area (TPSA) is 48.9 Å². The lowest BCUT2D eigenvalue weighted by Gasteiger charge is -2.31. The predicted molar refractivity (Wildman–Crippen MR) is 114 cm³/mol. The Morgan fingerprint density at radius 2 is 1.79 bits per heavy atom. The molecule has 1 aliphatic rings. The Balaban J connectivity index is 0.00000529. The molecule has 0 saturated carbocycles. The van der Waals surface area contributed by atoms with Crippen molar-refractivity contribution >= 4 is 29.9 Å². The number of rotatable bonds is 10. The summed E-state index contributed by atoms with van der Waals surface area (Å²) in [5, 5.41) is 6.88. The molecule has 0 aliphatic carbocycles. The second-order valence-corrected chi connectivity index (χ2v) is 7.26. The molecule has 6 heteroatoms. The van der Waals surface area contributed by atoms with Gasteiger partial charge in [-0.1, -0.05) is 27.7 Å². The van der Waals surface area contributed by atoms with Gasteiger partial charge in [0.1, 0.15) is 0 Å². The van der Waals surface area contributed by atoms with Crippen LogP contribution < -0.4 is 10.6 Å². The predicted octanol–water partition coefficient (Wildman–Crippen LogP) is 2.95. The van der Waals surface area contributed by atoms with E-state index >= 15 is 0 Å². The molecule has 5 nitrogen and oxygen atoms in total. The Labute approximate surface area is 166 Å². The molecule has 0 aromatic heterocycles. The zero-order chi connectivity index (χ0) is 17.1. The number of likely N-dealkylation sites (tertiary alicyclic amines) is 1. The van der Waals surface area contributed by atoms with Crippen molar-refractivity contribution in [1.29, 1.82) is 0 Å². The van der Waals surface area contributed by atoms with Crippen molar-refractivity contribution in [3.8, 4) is 0 Å². The van der Waals surface area contributed by atoms with Gasteiger partial charge in [0.15, 0.2) is 5.96 Å². The molecule has 0 radical (unpaired) electrons. The zero-order valence-electron chi connectivity index (χ0n) is 16.3. The van der Waals surface area contributed by atoms with Gasteiger partial charge < -0.3 is 15.4 Å². The maximum absolute atomic E-state index is 5.60. The van der Waals surface area contributed by atoms with Crippen molar-refractivity contribution in [3.63, 3.8) is 0 Å². The van der Waals surface area contributed by atoms with E-state index in [2.05, 4.69) is 48.2 Å². The number of halogens is 1. The molecule has 0 aromatic rings. The minimum atomic E-state index is 0. The molecule has 1 aliphatic heterocycles. The van der Waals surface area contributed by atoms with Crippen molar-refractivity contribution in [1.82, 2.24) is 15.5 Å². The van der Waals surface area contributed by atoms with E-state index in [1.807, 2.05) is 7.05 Å². The second-order valence-electron chi connectivity index (χ2n) is 7.26. The normalized spacial score (nSPS) is 17.2. The second kappa shape index (κ2) is 14.1. The maximum Gasteiger partial charge on any atom is 0.191 e. The van der Waals surface area contributed by atoms with Gasteiger partial charge >= 0.3 is 0 Å². The van der Waals surface area contributed by atoms with Crippen LogP contribution in [0.25, 0.3) is 0 Å². The summed E-state index contributed by atoms with van der Waals surface area (Å²) in [4.78, 5) is 6.94. The van der Waals surface area contributed by atoms with E-state index < -0.39 is 0 Å². The molecular formula is C18H39IN4O. The third-order valence-corrected chi connectivity index (χ3v) is 4.29. The number of nitrogens with zero attached hydrogens (tertiary/aromatic N) is 2. The maximum atomic E-state index is 5.60. The highest BCUT2D eigenvalue weighted by Crippen LogP contribution is 2.16.